The number of benzene rings is 1. The van der Waals surface area contributed by atoms with E-state index in [0.717, 1.165) is 18.9 Å². The molecule has 1 aromatic rings. The van der Waals surface area contributed by atoms with Crippen molar-refractivity contribution < 1.29 is 4.74 Å². The van der Waals surface area contributed by atoms with Crippen molar-refractivity contribution in [3.8, 4) is 0 Å². The van der Waals surface area contributed by atoms with Crippen LogP contribution >= 0.6 is 0 Å². The number of unbranched alkanes of at least 4 members (excludes halogenated alkanes) is 2. The van der Waals surface area contributed by atoms with Gasteiger partial charge in [-0.3, -0.25) is 0 Å². The Morgan fingerprint density at radius 3 is 2.80 bits per heavy atom. The average Bonchev–Trinajstić information content (AvgIpc) is 3.04. The zero-order valence-corrected chi connectivity index (χ0v) is 16.4. The summed E-state index contributed by atoms with van der Waals surface area (Å²) in [5.41, 5.74) is 11.4. The Morgan fingerprint density at radius 2 is 2.04 bits per heavy atom. The SMILES string of the molecule is CC[C@@]1(N)CC[C@H](c2ccc3c(c2)CC[C@@H](CCCCCOC)C3)C1. The van der Waals surface area contributed by atoms with Gasteiger partial charge in [0.1, 0.15) is 0 Å². The first-order valence-electron chi connectivity index (χ1n) is 10.5. The van der Waals surface area contributed by atoms with Crippen LogP contribution < -0.4 is 5.73 Å². The molecule has 2 aliphatic rings. The first-order valence-corrected chi connectivity index (χ1v) is 10.5. The van der Waals surface area contributed by atoms with Gasteiger partial charge in [0.05, 0.1) is 0 Å². The molecule has 1 fully saturated rings. The van der Waals surface area contributed by atoms with Gasteiger partial charge in [-0.2, -0.15) is 0 Å². The number of methoxy groups -OCH3 is 1. The molecule has 0 spiro atoms. The molecule has 0 heterocycles. The van der Waals surface area contributed by atoms with Crippen LogP contribution in [0.4, 0.5) is 0 Å². The van der Waals surface area contributed by atoms with E-state index in [1.165, 1.54) is 64.2 Å². The van der Waals surface area contributed by atoms with E-state index < -0.39 is 0 Å². The number of hydrogen-bond donors (Lipinski definition) is 1. The highest BCUT2D eigenvalue weighted by Crippen LogP contribution is 2.42. The number of hydrogen-bond acceptors (Lipinski definition) is 2. The lowest BCUT2D eigenvalue weighted by Gasteiger charge is -2.26. The fourth-order valence-corrected chi connectivity index (χ4v) is 4.97. The third-order valence-corrected chi connectivity index (χ3v) is 6.84. The fraction of sp³-hybridized carbons (Fsp3) is 0.739. The molecule has 3 rings (SSSR count). The van der Waals surface area contributed by atoms with Gasteiger partial charge in [-0.1, -0.05) is 44.4 Å². The van der Waals surface area contributed by atoms with Crippen molar-refractivity contribution in [1.29, 1.82) is 0 Å². The Labute approximate surface area is 154 Å². The van der Waals surface area contributed by atoms with Crippen LogP contribution in [0.15, 0.2) is 18.2 Å². The van der Waals surface area contributed by atoms with E-state index in [0.29, 0.717) is 5.92 Å². The van der Waals surface area contributed by atoms with Crippen LogP contribution in [-0.4, -0.2) is 19.3 Å². The maximum Gasteiger partial charge on any atom is 0.0462 e. The van der Waals surface area contributed by atoms with Crippen molar-refractivity contribution >= 4 is 0 Å². The summed E-state index contributed by atoms with van der Waals surface area (Å²) in [6, 6.07) is 7.37. The van der Waals surface area contributed by atoms with Crippen molar-refractivity contribution in [2.24, 2.45) is 11.7 Å². The highest BCUT2D eigenvalue weighted by molar-refractivity contribution is 5.36. The highest BCUT2D eigenvalue weighted by Gasteiger charge is 2.35. The molecule has 140 valence electrons. The molecule has 2 N–H and O–H groups in total. The Hall–Kier alpha value is -0.860. The van der Waals surface area contributed by atoms with E-state index >= 15 is 0 Å². The van der Waals surface area contributed by atoms with Gasteiger partial charge in [-0.15, -0.1) is 0 Å². The second-order valence-electron chi connectivity index (χ2n) is 8.63. The molecule has 1 aromatic carbocycles. The van der Waals surface area contributed by atoms with E-state index in [1.54, 1.807) is 23.8 Å². The van der Waals surface area contributed by atoms with Crippen molar-refractivity contribution in [1.82, 2.24) is 0 Å². The second kappa shape index (κ2) is 8.68. The maximum absolute atomic E-state index is 6.51. The molecule has 0 bridgehead atoms. The third kappa shape index (κ3) is 4.86. The molecule has 1 saturated carbocycles. The normalized spacial score (nSPS) is 28.9. The van der Waals surface area contributed by atoms with Crippen LogP contribution in [0.5, 0.6) is 0 Å². The standard InChI is InChI=1S/C23H37NO/c1-3-23(24)13-12-22(17-23)21-11-10-19-15-18(8-9-20(19)16-21)7-5-4-6-14-25-2/h10-11,16,18,22H,3-9,12-15,17,24H2,1-2H3/t18-,22+,23-/m1/s1. The molecule has 25 heavy (non-hydrogen) atoms. The zero-order chi connectivity index (χ0) is 17.7. The Bertz CT molecular complexity index is 555. The third-order valence-electron chi connectivity index (χ3n) is 6.84. The van der Waals surface area contributed by atoms with Crippen molar-refractivity contribution in [2.45, 2.75) is 89.0 Å². The molecular weight excluding hydrogens is 306 g/mol. The molecule has 0 aliphatic heterocycles. The van der Waals surface area contributed by atoms with E-state index in [2.05, 4.69) is 25.1 Å². The summed E-state index contributed by atoms with van der Waals surface area (Å²) < 4.78 is 5.15. The molecule has 2 nitrogen and oxygen atoms in total. The lowest BCUT2D eigenvalue weighted by atomic mass is 9.79. The van der Waals surface area contributed by atoms with Gasteiger partial charge in [-0.25, -0.2) is 0 Å². The van der Waals surface area contributed by atoms with Crippen LogP contribution in [0.1, 0.15) is 87.3 Å². The molecule has 2 aliphatic carbocycles. The van der Waals surface area contributed by atoms with Crippen LogP contribution in [0, 0.1) is 5.92 Å². The predicted molar refractivity (Wildman–Crippen MR) is 106 cm³/mol. The Morgan fingerprint density at radius 1 is 1.16 bits per heavy atom. The summed E-state index contributed by atoms with van der Waals surface area (Å²) in [5.74, 6) is 1.58. The second-order valence-corrected chi connectivity index (χ2v) is 8.63. The van der Waals surface area contributed by atoms with Crippen molar-refractivity contribution in [2.75, 3.05) is 13.7 Å². The first-order chi connectivity index (χ1) is 12.1. The van der Waals surface area contributed by atoms with Crippen LogP contribution in [0.2, 0.25) is 0 Å². The Balaban J connectivity index is 1.53. The van der Waals surface area contributed by atoms with Gasteiger partial charge in [0.25, 0.3) is 0 Å². The molecule has 3 atom stereocenters. The van der Waals surface area contributed by atoms with Crippen LogP contribution in [-0.2, 0) is 17.6 Å². The topological polar surface area (TPSA) is 35.2 Å². The van der Waals surface area contributed by atoms with E-state index in [4.69, 9.17) is 10.5 Å². The lowest BCUT2D eigenvalue weighted by molar-refractivity contribution is 0.191. The summed E-state index contributed by atoms with van der Waals surface area (Å²) in [4.78, 5) is 0. The lowest BCUT2D eigenvalue weighted by Crippen LogP contribution is -2.35. The summed E-state index contributed by atoms with van der Waals surface area (Å²) in [5, 5.41) is 0. The van der Waals surface area contributed by atoms with Gasteiger partial charge >= 0.3 is 0 Å². The maximum atomic E-state index is 6.51. The zero-order valence-electron chi connectivity index (χ0n) is 16.4. The number of nitrogens with two attached hydrogens (primary N) is 1. The molecule has 0 radical (unpaired) electrons. The number of aryl methyl sites for hydroxylation is 1. The average molecular weight is 344 g/mol. The van der Waals surface area contributed by atoms with Gasteiger partial charge in [0.2, 0.25) is 0 Å². The summed E-state index contributed by atoms with van der Waals surface area (Å²) in [6.45, 7) is 3.16. The smallest absolute Gasteiger partial charge is 0.0462 e. The summed E-state index contributed by atoms with van der Waals surface area (Å²) >= 11 is 0. The van der Waals surface area contributed by atoms with E-state index in [1.807, 2.05) is 0 Å². The van der Waals surface area contributed by atoms with Crippen molar-refractivity contribution in [3.05, 3.63) is 34.9 Å². The van der Waals surface area contributed by atoms with Crippen LogP contribution in [0.3, 0.4) is 0 Å². The van der Waals surface area contributed by atoms with Crippen molar-refractivity contribution in [3.63, 3.8) is 0 Å². The quantitative estimate of drug-likeness (QED) is 0.644. The highest BCUT2D eigenvalue weighted by atomic mass is 16.5. The predicted octanol–water partition coefficient (Wildman–Crippen LogP) is 5.37. The van der Waals surface area contributed by atoms with E-state index in [-0.39, 0.29) is 5.54 Å². The first kappa shape index (κ1) is 18.9. The molecule has 0 unspecified atom stereocenters. The Kier molecular flexibility index (Phi) is 6.57. The van der Waals surface area contributed by atoms with Gasteiger partial charge in [0, 0.05) is 19.3 Å². The minimum Gasteiger partial charge on any atom is -0.385 e. The molecular formula is C23H37NO. The fourth-order valence-electron chi connectivity index (χ4n) is 4.97. The minimum atomic E-state index is 0.0917. The largest absolute Gasteiger partial charge is 0.385 e. The number of ether oxygens (including phenoxy) is 1. The number of fused-ring (bicyclic) bond motifs is 1. The molecule has 0 aromatic heterocycles. The van der Waals surface area contributed by atoms with Crippen LogP contribution in [0.25, 0.3) is 0 Å². The van der Waals surface area contributed by atoms with Gasteiger partial charge in [0.15, 0.2) is 0 Å². The monoisotopic (exact) mass is 343 g/mol. The molecule has 0 amide bonds. The minimum absolute atomic E-state index is 0.0917. The summed E-state index contributed by atoms with van der Waals surface area (Å²) in [7, 11) is 1.80. The van der Waals surface area contributed by atoms with Gasteiger partial charge in [-0.05, 0) is 79.9 Å². The molecule has 0 saturated heterocycles. The van der Waals surface area contributed by atoms with E-state index in [9.17, 15) is 0 Å². The summed E-state index contributed by atoms with van der Waals surface area (Å²) in [6.07, 6.45) is 14.0. The van der Waals surface area contributed by atoms with Gasteiger partial charge < -0.3 is 10.5 Å². The number of rotatable bonds is 8. The molecule has 2 heteroatoms.